The summed E-state index contributed by atoms with van der Waals surface area (Å²) in [7, 11) is 1.60. The number of halogens is 3. The van der Waals surface area contributed by atoms with E-state index in [1.807, 2.05) is 0 Å². The van der Waals surface area contributed by atoms with Crippen molar-refractivity contribution in [2.75, 3.05) is 25.7 Å². The molecule has 162 valence electrons. The molecular formula is C21H24F3N3O3. The van der Waals surface area contributed by atoms with Gasteiger partial charge in [-0.1, -0.05) is 6.07 Å². The van der Waals surface area contributed by atoms with Crippen LogP contribution in [0, 0.1) is 6.92 Å². The molecule has 6 nitrogen and oxygen atoms in total. The molecule has 1 aromatic heterocycles. The highest BCUT2D eigenvalue weighted by molar-refractivity contribution is 6.06. The van der Waals surface area contributed by atoms with Gasteiger partial charge in [0.15, 0.2) is 5.76 Å². The fourth-order valence-electron chi connectivity index (χ4n) is 3.39. The third-order valence-electron chi connectivity index (χ3n) is 4.85. The molecule has 0 radical (unpaired) electrons. The van der Waals surface area contributed by atoms with Crippen LogP contribution in [0.3, 0.4) is 0 Å². The van der Waals surface area contributed by atoms with Crippen LogP contribution in [0.1, 0.15) is 52.3 Å². The number of fused-ring (bicyclic) bond motifs is 1. The molecule has 0 spiro atoms. The van der Waals surface area contributed by atoms with Crippen LogP contribution < -0.4 is 10.7 Å². The second-order valence-electron chi connectivity index (χ2n) is 7.06. The number of alkyl halides is 3. The number of methoxy groups -OCH3 is 1. The fourth-order valence-corrected chi connectivity index (χ4v) is 3.39. The number of furan rings is 1. The Balaban J connectivity index is 1.79. The van der Waals surface area contributed by atoms with Crippen molar-refractivity contribution in [3.8, 4) is 0 Å². The average Bonchev–Trinajstić information content (AvgIpc) is 3.06. The SMILES string of the molecule is COCCCNC(=O)c1oc2c(c1C)/C(=N/Nc1cccc(C(F)(F)F)c1)CCC2. The van der Waals surface area contributed by atoms with Crippen molar-refractivity contribution < 1.29 is 27.1 Å². The smallest absolute Gasteiger partial charge is 0.416 e. The van der Waals surface area contributed by atoms with Gasteiger partial charge in [0.25, 0.3) is 5.91 Å². The number of nitrogens with one attached hydrogen (secondary N) is 2. The van der Waals surface area contributed by atoms with Crippen molar-refractivity contribution >= 4 is 17.3 Å². The molecule has 0 aliphatic heterocycles. The molecule has 0 saturated carbocycles. The molecule has 0 saturated heterocycles. The van der Waals surface area contributed by atoms with Gasteiger partial charge in [-0.15, -0.1) is 0 Å². The van der Waals surface area contributed by atoms with Crippen molar-refractivity contribution in [2.45, 2.75) is 38.8 Å². The van der Waals surface area contributed by atoms with Gasteiger partial charge >= 0.3 is 6.18 Å². The number of hydrogen-bond donors (Lipinski definition) is 2. The van der Waals surface area contributed by atoms with E-state index in [-0.39, 0.29) is 17.4 Å². The number of anilines is 1. The maximum Gasteiger partial charge on any atom is 0.416 e. The molecule has 1 amide bonds. The minimum atomic E-state index is -4.42. The van der Waals surface area contributed by atoms with Crippen molar-refractivity contribution in [2.24, 2.45) is 5.10 Å². The molecule has 1 aliphatic rings. The number of ether oxygens (including phenoxy) is 1. The Morgan fingerprint density at radius 1 is 1.30 bits per heavy atom. The summed E-state index contributed by atoms with van der Waals surface area (Å²) in [6.45, 7) is 2.80. The van der Waals surface area contributed by atoms with Crippen LogP contribution in [0.15, 0.2) is 33.8 Å². The zero-order valence-corrected chi connectivity index (χ0v) is 16.9. The molecule has 0 unspecified atom stereocenters. The highest BCUT2D eigenvalue weighted by Gasteiger charge is 2.31. The zero-order chi connectivity index (χ0) is 21.7. The van der Waals surface area contributed by atoms with Gasteiger partial charge in [0.05, 0.1) is 17.0 Å². The number of aryl methyl sites for hydroxylation is 1. The number of rotatable bonds is 7. The van der Waals surface area contributed by atoms with E-state index in [2.05, 4.69) is 15.8 Å². The van der Waals surface area contributed by atoms with E-state index in [0.717, 1.165) is 24.1 Å². The highest BCUT2D eigenvalue weighted by Crippen LogP contribution is 2.32. The van der Waals surface area contributed by atoms with E-state index in [9.17, 15) is 18.0 Å². The number of amides is 1. The molecule has 1 aliphatic carbocycles. The van der Waals surface area contributed by atoms with Crippen molar-refractivity contribution in [1.82, 2.24) is 5.32 Å². The summed E-state index contributed by atoms with van der Waals surface area (Å²) in [6, 6.07) is 4.86. The quantitative estimate of drug-likeness (QED) is 0.507. The first-order valence-corrected chi connectivity index (χ1v) is 9.71. The predicted molar refractivity (Wildman–Crippen MR) is 107 cm³/mol. The monoisotopic (exact) mass is 423 g/mol. The Hall–Kier alpha value is -2.81. The number of benzene rings is 1. The van der Waals surface area contributed by atoms with Gasteiger partial charge in [0.1, 0.15) is 5.76 Å². The zero-order valence-electron chi connectivity index (χ0n) is 16.9. The number of hydrazone groups is 1. The summed E-state index contributed by atoms with van der Waals surface area (Å²) in [6.07, 6.45) is -1.65. The van der Waals surface area contributed by atoms with Gasteiger partial charge in [-0.2, -0.15) is 18.3 Å². The van der Waals surface area contributed by atoms with E-state index >= 15 is 0 Å². The number of carbonyl (C=O) groups excluding carboxylic acids is 1. The first-order chi connectivity index (χ1) is 14.3. The van der Waals surface area contributed by atoms with Gasteiger partial charge in [-0.05, 0) is 44.4 Å². The molecule has 30 heavy (non-hydrogen) atoms. The first kappa shape index (κ1) is 21.9. The van der Waals surface area contributed by atoms with Crippen LogP contribution in [-0.4, -0.2) is 31.9 Å². The van der Waals surface area contributed by atoms with Crippen molar-refractivity contribution in [3.63, 3.8) is 0 Å². The Bertz CT molecular complexity index is 935. The van der Waals surface area contributed by atoms with E-state index in [1.54, 1.807) is 14.0 Å². The lowest BCUT2D eigenvalue weighted by molar-refractivity contribution is -0.137. The Morgan fingerprint density at radius 3 is 2.83 bits per heavy atom. The van der Waals surface area contributed by atoms with Crippen LogP contribution in [0.5, 0.6) is 0 Å². The topological polar surface area (TPSA) is 75.9 Å². The lowest BCUT2D eigenvalue weighted by Crippen LogP contribution is -2.25. The lowest BCUT2D eigenvalue weighted by Gasteiger charge is -2.14. The Kier molecular flexibility index (Phi) is 6.81. The Labute approximate surface area is 172 Å². The molecule has 0 bridgehead atoms. The molecule has 0 fully saturated rings. The van der Waals surface area contributed by atoms with E-state index in [0.29, 0.717) is 49.4 Å². The number of carbonyl (C=O) groups is 1. The van der Waals surface area contributed by atoms with Crippen LogP contribution in [0.4, 0.5) is 18.9 Å². The molecule has 2 aromatic rings. The van der Waals surface area contributed by atoms with Crippen LogP contribution in [0.25, 0.3) is 0 Å². The summed E-state index contributed by atoms with van der Waals surface area (Å²) in [5, 5.41) is 7.13. The summed E-state index contributed by atoms with van der Waals surface area (Å²) in [5.41, 5.74) is 4.30. The predicted octanol–water partition coefficient (Wildman–Crippen LogP) is 4.53. The van der Waals surface area contributed by atoms with Crippen LogP contribution in [-0.2, 0) is 17.3 Å². The molecule has 1 heterocycles. The summed E-state index contributed by atoms with van der Waals surface area (Å²) in [5.74, 6) is 0.611. The Morgan fingerprint density at radius 2 is 2.10 bits per heavy atom. The summed E-state index contributed by atoms with van der Waals surface area (Å²) >= 11 is 0. The minimum absolute atomic E-state index is 0.238. The van der Waals surface area contributed by atoms with Gasteiger partial charge in [0.2, 0.25) is 0 Å². The van der Waals surface area contributed by atoms with Gasteiger partial charge in [-0.25, -0.2) is 0 Å². The normalized spacial score (nSPS) is 15.2. The van der Waals surface area contributed by atoms with Gasteiger partial charge in [-0.3, -0.25) is 10.2 Å². The summed E-state index contributed by atoms with van der Waals surface area (Å²) < 4.78 is 49.5. The molecule has 9 heteroatoms. The maximum atomic E-state index is 12.9. The van der Waals surface area contributed by atoms with Crippen LogP contribution in [0.2, 0.25) is 0 Å². The molecule has 1 aromatic carbocycles. The van der Waals surface area contributed by atoms with E-state index < -0.39 is 11.7 Å². The van der Waals surface area contributed by atoms with Gasteiger partial charge < -0.3 is 14.5 Å². The largest absolute Gasteiger partial charge is 0.455 e. The number of hydrogen-bond acceptors (Lipinski definition) is 5. The highest BCUT2D eigenvalue weighted by atomic mass is 19.4. The molecule has 3 rings (SSSR count). The molecular weight excluding hydrogens is 399 g/mol. The lowest BCUT2D eigenvalue weighted by atomic mass is 9.93. The first-order valence-electron chi connectivity index (χ1n) is 9.71. The van der Waals surface area contributed by atoms with E-state index in [4.69, 9.17) is 9.15 Å². The third kappa shape index (κ3) is 5.02. The average molecular weight is 423 g/mol. The van der Waals surface area contributed by atoms with Crippen molar-refractivity contribution in [3.05, 3.63) is 52.5 Å². The molecule has 2 N–H and O–H groups in total. The summed E-state index contributed by atoms with van der Waals surface area (Å²) in [4.78, 5) is 12.5. The minimum Gasteiger partial charge on any atom is -0.455 e. The van der Waals surface area contributed by atoms with Crippen LogP contribution >= 0.6 is 0 Å². The van der Waals surface area contributed by atoms with Gasteiger partial charge in [0, 0.05) is 37.8 Å². The second kappa shape index (κ2) is 9.34. The fraction of sp³-hybridized carbons (Fsp3) is 0.429. The maximum absolute atomic E-state index is 12.9. The van der Waals surface area contributed by atoms with Crippen molar-refractivity contribution in [1.29, 1.82) is 0 Å². The van der Waals surface area contributed by atoms with E-state index in [1.165, 1.54) is 12.1 Å². The second-order valence-corrected chi connectivity index (χ2v) is 7.06. The standard InChI is InChI=1S/C21H24F3N3O3/c1-13-18-16(27-26-15-7-3-6-14(12-15)21(22,23)24)8-4-9-17(18)30-19(13)20(28)25-10-5-11-29-2/h3,6-7,12,26H,4-5,8-11H2,1-2H3,(H,25,28)/b27-16+. The number of nitrogens with zero attached hydrogens (tertiary/aromatic N) is 1. The third-order valence-corrected chi connectivity index (χ3v) is 4.85. The molecule has 0 atom stereocenters.